The molecule has 1 aliphatic carbocycles. The summed E-state index contributed by atoms with van der Waals surface area (Å²) in [7, 11) is 1.60. The summed E-state index contributed by atoms with van der Waals surface area (Å²) in [5, 5.41) is 3.44. The maximum atomic E-state index is 12.5. The zero-order valence-electron chi connectivity index (χ0n) is 29.6. The number of carbonyl (C=O) groups excluding carboxylic acids is 4. The van der Waals surface area contributed by atoms with Crippen molar-refractivity contribution < 1.29 is 19.2 Å². The minimum atomic E-state index is -0.510. The fraction of sp³-hybridized carbons (Fsp3) is 0.325. The van der Waals surface area contributed by atoms with E-state index < -0.39 is 5.91 Å². The molecule has 1 heterocycles. The summed E-state index contributed by atoms with van der Waals surface area (Å²) >= 11 is 0. The smallest absolute Gasteiger partial charge is 0.253 e. The normalized spacial score (nSPS) is 11.0. The molecule has 4 aromatic rings. The molecule has 260 valence electrons. The highest BCUT2D eigenvalue weighted by Gasteiger charge is 2.14. The molecule has 0 atom stereocenters. The monoisotopic (exact) mass is 665 g/mol. The van der Waals surface area contributed by atoms with Crippen molar-refractivity contribution in [1.82, 2.24) is 9.88 Å². The first-order chi connectivity index (χ1) is 23.8. The number of likely N-dealkylation sites (N-methyl/N-ethyl adjacent to an activating group) is 1. The van der Waals surface area contributed by atoms with Gasteiger partial charge in [-0.25, -0.2) is 0 Å². The molecule has 0 bridgehead atoms. The Bertz CT molecular complexity index is 1610. The van der Waals surface area contributed by atoms with Gasteiger partial charge in [0, 0.05) is 60.9 Å². The number of benzene rings is 3. The van der Waals surface area contributed by atoms with E-state index in [-0.39, 0.29) is 12.5 Å². The fourth-order valence-corrected chi connectivity index (χ4v) is 5.52. The van der Waals surface area contributed by atoms with Crippen LogP contribution in [0.3, 0.4) is 0 Å². The van der Waals surface area contributed by atoms with E-state index in [1.807, 2.05) is 51.0 Å². The number of anilines is 2. The number of hydrogen-bond acceptors (Lipinski definition) is 7. The van der Waals surface area contributed by atoms with Gasteiger partial charge in [0.05, 0.1) is 12.2 Å². The number of pyridine rings is 1. The molecule has 49 heavy (non-hydrogen) atoms. The SMILES string of the molecule is C=O.CC.CCN(CC)c1ccc(NCc2cccc(C(=O)N(C)CC=O)c2)c(-c2cc(C(N)=O)ccn2)c1.c1ccc2c(c1)CCCC2. The number of fused-ring (bicyclic) bond motifs is 1. The van der Waals surface area contributed by atoms with Crippen LogP contribution in [-0.2, 0) is 29.0 Å². The molecule has 3 aromatic carbocycles. The summed E-state index contributed by atoms with van der Waals surface area (Å²) in [4.78, 5) is 51.1. The van der Waals surface area contributed by atoms with Crippen molar-refractivity contribution in [1.29, 1.82) is 0 Å². The molecule has 0 saturated carbocycles. The Morgan fingerprint density at radius 1 is 0.878 bits per heavy atom. The van der Waals surface area contributed by atoms with E-state index in [9.17, 15) is 14.4 Å². The van der Waals surface area contributed by atoms with E-state index in [4.69, 9.17) is 10.5 Å². The van der Waals surface area contributed by atoms with Gasteiger partial charge in [0.25, 0.3) is 5.91 Å². The third-order valence-corrected chi connectivity index (χ3v) is 8.06. The minimum absolute atomic E-state index is 0.0426. The lowest BCUT2D eigenvalue weighted by atomic mass is 9.92. The van der Waals surface area contributed by atoms with E-state index in [1.165, 1.54) is 30.6 Å². The molecule has 2 amide bonds. The van der Waals surface area contributed by atoms with Crippen molar-refractivity contribution >= 4 is 36.3 Å². The highest BCUT2D eigenvalue weighted by atomic mass is 16.2. The molecular weight excluding hydrogens is 614 g/mol. The molecule has 5 rings (SSSR count). The van der Waals surface area contributed by atoms with Crippen molar-refractivity contribution in [2.75, 3.05) is 36.9 Å². The lowest BCUT2D eigenvalue weighted by Crippen LogP contribution is -2.28. The van der Waals surface area contributed by atoms with E-state index >= 15 is 0 Å². The zero-order chi connectivity index (χ0) is 36.2. The number of aldehydes is 1. The average Bonchev–Trinajstić information content (AvgIpc) is 3.16. The molecule has 1 aliphatic rings. The van der Waals surface area contributed by atoms with Crippen molar-refractivity contribution in [2.45, 2.75) is 59.9 Å². The Morgan fingerprint density at radius 3 is 2.12 bits per heavy atom. The van der Waals surface area contributed by atoms with Gasteiger partial charge < -0.3 is 30.4 Å². The number of rotatable bonds is 11. The summed E-state index contributed by atoms with van der Waals surface area (Å²) < 4.78 is 0. The fourth-order valence-electron chi connectivity index (χ4n) is 5.52. The number of nitrogens with zero attached hydrogens (tertiary/aromatic N) is 3. The molecule has 0 unspecified atom stereocenters. The Balaban J connectivity index is 0.000000495. The number of hydrogen-bond donors (Lipinski definition) is 2. The summed E-state index contributed by atoms with van der Waals surface area (Å²) in [5.41, 5.74) is 13.8. The maximum Gasteiger partial charge on any atom is 0.253 e. The number of aryl methyl sites for hydroxylation is 2. The molecule has 3 N–H and O–H groups in total. The van der Waals surface area contributed by atoms with Crippen molar-refractivity contribution in [3.05, 3.63) is 113 Å². The molecule has 9 heteroatoms. The van der Waals surface area contributed by atoms with Crippen LogP contribution in [0.25, 0.3) is 11.3 Å². The van der Waals surface area contributed by atoms with Gasteiger partial charge in [0.1, 0.15) is 13.1 Å². The number of carbonyl (C=O) groups is 4. The first-order valence-corrected chi connectivity index (χ1v) is 16.9. The van der Waals surface area contributed by atoms with Crippen molar-refractivity contribution in [3.8, 4) is 11.3 Å². The van der Waals surface area contributed by atoms with Gasteiger partial charge in [-0.3, -0.25) is 14.6 Å². The quantitative estimate of drug-likeness (QED) is 0.166. The van der Waals surface area contributed by atoms with E-state index in [0.29, 0.717) is 29.7 Å². The van der Waals surface area contributed by atoms with E-state index in [0.717, 1.165) is 35.6 Å². The van der Waals surface area contributed by atoms with Gasteiger partial charge in [-0.1, -0.05) is 50.2 Å². The molecule has 0 fully saturated rings. The molecular formula is C40H51N5O4. The van der Waals surface area contributed by atoms with Gasteiger partial charge in [-0.05, 0) is 98.7 Å². The van der Waals surface area contributed by atoms with E-state index in [1.54, 1.807) is 42.6 Å². The Morgan fingerprint density at radius 2 is 1.53 bits per heavy atom. The van der Waals surface area contributed by atoms with Crippen LogP contribution in [0.4, 0.5) is 11.4 Å². The molecule has 0 radical (unpaired) electrons. The number of primary amides is 1. The molecule has 0 aliphatic heterocycles. The second kappa shape index (κ2) is 21.5. The molecule has 0 saturated heterocycles. The van der Waals surface area contributed by atoms with Gasteiger partial charge in [-0.2, -0.15) is 0 Å². The average molecular weight is 666 g/mol. The van der Waals surface area contributed by atoms with Crippen LogP contribution in [-0.4, -0.2) is 61.5 Å². The van der Waals surface area contributed by atoms with Crippen LogP contribution in [0.15, 0.2) is 85.1 Å². The predicted molar refractivity (Wildman–Crippen MR) is 200 cm³/mol. The lowest BCUT2D eigenvalue weighted by molar-refractivity contribution is -0.108. The van der Waals surface area contributed by atoms with Crippen LogP contribution in [0, 0.1) is 0 Å². The molecule has 1 aromatic heterocycles. The van der Waals surface area contributed by atoms with Gasteiger partial charge in [0.15, 0.2) is 0 Å². The topological polar surface area (TPSA) is 126 Å². The third kappa shape index (κ3) is 11.7. The zero-order valence-corrected chi connectivity index (χ0v) is 29.6. The second-order valence-electron chi connectivity index (χ2n) is 11.1. The predicted octanol–water partition coefficient (Wildman–Crippen LogP) is 6.98. The van der Waals surface area contributed by atoms with Crippen LogP contribution < -0.4 is 16.0 Å². The van der Waals surface area contributed by atoms with Gasteiger partial charge in [0.2, 0.25) is 5.91 Å². The highest BCUT2D eigenvalue weighted by Crippen LogP contribution is 2.32. The summed E-state index contributed by atoms with van der Waals surface area (Å²) in [6.45, 7) is 12.4. The first kappa shape index (κ1) is 39.9. The number of amides is 2. The number of aromatic nitrogens is 1. The van der Waals surface area contributed by atoms with Gasteiger partial charge in [-0.15, -0.1) is 0 Å². The second-order valence-corrected chi connectivity index (χ2v) is 11.1. The number of nitrogens with two attached hydrogens (primary N) is 1. The third-order valence-electron chi connectivity index (χ3n) is 8.06. The summed E-state index contributed by atoms with van der Waals surface area (Å²) in [6.07, 6.45) is 7.66. The Kier molecular flexibility index (Phi) is 17.5. The molecule has 0 spiro atoms. The van der Waals surface area contributed by atoms with Gasteiger partial charge >= 0.3 is 0 Å². The standard InChI is InChI=1S/C27H31N5O3.C10H12.C2H6.CH2O/c1-4-32(5-2)22-9-10-24(23(17-22)25-16-20(26(28)34)11-12-29-25)30-18-19-7-6-8-21(15-19)27(35)31(3)13-14-33;1-2-6-10-8-4-3-7-9(10)5-1;2*1-2/h6-12,14-17,30H,4-5,13,18H2,1-3H3,(H2,28,34);1-2,5-6H,3-4,7-8H2;1-2H3;1H2. The summed E-state index contributed by atoms with van der Waals surface area (Å²) in [5.74, 6) is -0.722. The van der Waals surface area contributed by atoms with E-state index in [2.05, 4.69) is 59.4 Å². The lowest BCUT2D eigenvalue weighted by Gasteiger charge is -2.23. The van der Waals surface area contributed by atoms with Crippen LogP contribution >= 0.6 is 0 Å². The Hall–Kier alpha value is -5.31. The van der Waals surface area contributed by atoms with Crippen molar-refractivity contribution in [3.63, 3.8) is 0 Å². The summed E-state index contributed by atoms with van der Waals surface area (Å²) in [6, 6.07) is 25.5. The highest BCUT2D eigenvalue weighted by molar-refractivity contribution is 5.95. The number of nitrogens with one attached hydrogen (secondary N) is 1. The molecule has 9 nitrogen and oxygen atoms in total. The van der Waals surface area contributed by atoms with Crippen LogP contribution in [0.2, 0.25) is 0 Å². The Labute approximate surface area is 291 Å². The largest absolute Gasteiger partial charge is 0.380 e. The maximum absolute atomic E-state index is 12.5. The van der Waals surface area contributed by atoms with Crippen molar-refractivity contribution in [2.24, 2.45) is 5.73 Å². The first-order valence-electron chi connectivity index (χ1n) is 16.9. The van der Waals surface area contributed by atoms with Crippen LogP contribution in [0.1, 0.15) is 77.9 Å². The minimum Gasteiger partial charge on any atom is -0.380 e. The van der Waals surface area contributed by atoms with Crippen LogP contribution in [0.5, 0.6) is 0 Å².